The molecule has 0 saturated carbocycles. The second kappa shape index (κ2) is 14.2. The zero-order valence-corrected chi connectivity index (χ0v) is 31.9. The van der Waals surface area contributed by atoms with E-state index in [1.54, 1.807) is 0 Å². The molecular formula is C58H38. The quantitative estimate of drug-likeness (QED) is 0.160. The molecule has 0 aliphatic heterocycles. The van der Waals surface area contributed by atoms with Crippen LogP contribution in [0.3, 0.4) is 0 Å². The third kappa shape index (κ3) is 6.04. The SMILES string of the molecule is c1ccc(-c2c(-c3cccc(-c4ccc5ccccc5c4)c3)ccc3c(-c4ccc5ccccc5c4)c(-c4cccc(-c5ccc6ccccc6c5)c4)ccc23)cc1. The maximum absolute atomic E-state index is 2.37. The summed E-state index contributed by atoms with van der Waals surface area (Å²) in [5, 5.41) is 9.95. The predicted molar refractivity (Wildman–Crippen MR) is 249 cm³/mol. The maximum Gasteiger partial charge on any atom is -0.00264 e. The predicted octanol–water partition coefficient (Wildman–Crippen LogP) is 16.3. The Morgan fingerprint density at radius 1 is 0.172 bits per heavy atom. The van der Waals surface area contributed by atoms with Crippen molar-refractivity contribution in [3.05, 3.63) is 231 Å². The van der Waals surface area contributed by atoms with Crippen LogP contribution >= 0.6 is 0 Å². The van der Waals surface area contributed by atoms with E-state index in [1.165, 1.54) is 110 Å². The van der Waals surface area contributed by atoms with Crippen molar-refractivity contribution in [3.63, 3.8) is 0 Å². The van der Waals surface area contributed by atoms with Crippen molar-refractivity contribution in [2.24, 2.45) is 0 Å². The molecule has 11 aromatic rings. The normalized spacial score (nSPS) is 11.4. The molecule has 0 radical (unpaired) electrons. The molecule has 0 bridgehead atoms. The van der Waals surface area contributed by atoms with Crippen LogP contribution in [0, 0.1) is 0 Å². The van der Waals surface area contributed by atoms with Crippen molar-refractivity contribution in [1.82, 2.24) is 0 Å². The van der Waals surface area contributed by atoms with Crippen molar-refractivity contribution in [2.75, 3.05) is 0 Å². The van der Waals surface area contributed by atoms with Gasteiger partial charge >= 0.3 is 0 Å². The van der Waals surface area contributed by atoms with Crippen LogP contribution in [0.5, 0.6) is 0 Å². The molecule has 0 aromatic heterocycles. The molecule has 270 valence electrons. The van der Waals surface area contributed by atoms with E-state index < -0.39 is 0 Å². The summed E-state index contributed by atoms with van der Waals surface area (Å²) in [5.74, 6) is 0. The standard InChI is InChI=1S/C58H38/c1-2-15-42(16-3-1)57-53(50-22-10-20-46(36-50)48-27-24-39-12-4-7-17-43(39)34-48)30-33-56-55(57)32-31-54(58(56)52-29-26-41-14-6-9-19-45(41)38-52)51-23-11-21-47(37-51)49-28-25-40-13-5-8-18-44(40)35-49/h1-38H. The van der Waals surface area contributed by atoms with Gasteiger partial charge in [0.25, 0.3) is 0 Å². The van der Waals surface area contributed by atoms with Crippen LogP contribution in [-0.2, 0) is 0 Å². The van der Waals surface area contributed by atoms with Crippen LogP contribution in [0.4, 0.5) is 0 Å². The van der Waals surface area contributed by atoms with E-state index in [0.717, 1.165) is 0 Å². The van der Waals surface area contributed by atoms with Gasteiger partial charge in [0.2, 0.25) is 0 Å². The topological polar surface area (TPSA) is 0 Å². The average Bonchev–Trinajstić information content (AvgIpc) is 3.30. The molecule has 58 heavy (non-hydrogen) atoms. The second-order valence-electron chi connectivity index (χ2n) is 15.3. The Morgan fingerprint density at radius 3 is 1.00 bits per heavy atom. The Morgan fingerprint density at radius 2 is 0.517 bits per heavy atom. The first-order valence-electron chi connectivity index (χ1n) is 20.1. The van der Waals surface area contributed by atoms with E-state index in [2.05, 4.69) is 231 Å². The van der Waals surface area contributed by atoms with Gasteiger partial charge in [0.1, 0.15) is 0 Å². The summed E-state index contributed by atoms with van der Waals surface area (Å²) in [7, 11) is 0. The van der Waals surface area contributed by atoms with Crippen molar-refractivity contribution < 1.29 is 0 Å². The van der Waals surface area contributed by atoms with Gasteiger partial charge in [-0.05, 0) is 140 Å². The van der Waals surface area contributed by atoms with Gasteiger partial charge in [-0.1, -0.05) is 200 Å². The summed E-state index contributed by atoms with van der Waals surface area (Å²) < 4.78 is 0. The highest BCUT2D eigenvalue weighted by Crippen LogP contribution is 2.46. The number of hydrogen-bond acceptors (Lipinski definition) is 0. The van der Waals surface area contributed by atoms with Crippen molar-refractivity contribution in [2.45, 2.75) is 0 Å². The first-order chi connectivity index (χ1) is 28.7. The van der Waals surface area contributed by atoms with E-state index in [9.17, 15) is 0 Å². The second-order valence-corrected chi connectivity index (χ2v) is 15.3. The monoisotopic (exact) mass is 734 g/mol. The molecule has 0 aliphatic carbocycles. The summed E-state index contributed by atoms with van der Waals surface area (Å²) in [6.07, 6.45) is 0. The Balaban J connectivity index is 1.13. The van der Waals surface area contributed by atoms with E-state index in [4.69, 9.17) is 0 Å². The van der Waals surface area contributed by atoms with Crippen LogP contribution in [0.15, 0.2) is 231 Å². The van der Waals surface area contributed by atoms with E-state index in [1.807, 2.05) is 0 Å². The average molecular weight is 735 g/mol. The number of fused-ring (bicyclic) bond motifs is 4. The molecule has 0 heteroatoms. The minimum absolute atomic E-state index is 1.20. The zero-order valence-electron chi connectivity index (χ0n) is 31.9. The van der Waals surface area contributed by atoms with Crippen molar-refractivity contribution in [3.8, 4) is 66.8 Å². The minimum atomic E-state index is 1.20. The van der Waals surface area contributed by atoms with Gasteiger partial charge in [-0.2, -0.15) is 0 Å². The Bertz CT molecular complexity index is 3330. The fourth-order valence-corrected chi connectivity index (χ4v) is 8.93. The Hall–Kier alpha value is -7.54. The lowest BCUT2D eigenvalue weighted by molar-refractivity contribution is 1.58. The van der Waals surface area contributed by atoms with E-state index in [-0.39, 0.29) is 0 Å². The molecule has 0 unspecified atom stereocenters. The lowest BCUT2D eigenvalue weighted by Crippen LogP contribution is -1.93. The molecule has 11 rings (SSSR count). The molecular weight excluding hydrogens is 697 g/mol. The molecule has 0 nitrogen and oxygen atoms in total. The van der Waals surface area contributed by atoms with Crippen LogP contribution in [0.2, 0.25) is 0 Å². The third-order valence-corrected chi connectivity index (χ3v) is 11.8. The summed E-state index contributed by atoms with van der Waals surface area (Å²) in [5.41, 5.74) is 14.6. The lowest BCUT2D eigenvalue weighted by Gasteiger charge is -2.20. The molecule has 0 fully saturated rings. The fraction of sp³-hybridized carbons (Fsp3) is 0. The fourth-order valence-electron chi connectivity index (χ4n) is 8.93. The highest BCUT2D eigenvalue weighted by atomic mass is 14.2. The van der Waals surface area contributed by atoms with Crippen LogP contribution < -0.4 is 0 Å². The lowest BCUT2D eigenvalue weighted by atomic mass is 9.83. The maximum atomic E-state index is 2.37. The largest absolute Gasteiger partial charge is 0.0622 e. The molecule has 0 amide bonds. The molecule has 0 atom stereocenters. The highest BCUT2D eigenvalue weighted by Gasteiger charge is 2.19. The smallest absolute Gasteiger partial charge is 0.00264 e. The summed E-state index contributed by atoms with van der Waals surface area (Å²) in [6, 6.07) is 84.8. The number of rotatable bonds is 6. The molecule has 0 aliphatic rings. The Kier molecular flexibility index (Phi) is 8.26. The van der Waals surface area contributed by atoms with Gasteiger partial charge in [0.15, 0.2) is 0 Å². The number of benzene rings is 11. The summed E-state index contributed by atoms with van der Waals surface area (Å²) in [6.45, 7) is 0. The first-order valence-corrected chi connectivity index (χ1v) is 20.1. The van der Waals surface area contributed by atoms with Crippen LogP contribution in [0.25, 0.3) is 110 Å². The number of hydrogen-bond donors (Lipinski definition) is 0. The van der Waals surface area contributed by atoms with E-state index in [0.29, 0.717) is 0 Å². The summed E-state index contributed by atoms with van der Waals surface area (Å²) >= 11 is 0. The summed E-state index contributed by atoms with van der Waals surface area (Å²) in [4.78, 5) is 0. The van der Waals surface area contributed by atoms with Gasteiger partial charge in [0.05, 0.1) is 0 Å². The molecule has 0 N–H and O–H groups in total. The van der Waals surface area contributed by atoms with Gasteiger partial charge in [-0.15, -0.1) is 0 Å². The van der Waals surface area contributed by atoms with E-state index >= 15 is 0 Å². The molecule has 0 heterocycles. The van der Waals surface area contributed by atoms with Crippen molar-refractivity contribution in [1.29, 1.82) is 0 Å². The zero-order chi connectivity index (χ0) is 38.4. The van der Waals surface area contributed by atoms with Crippen molar-refractivity contribution >= 4 is 43.1 Å². The molecule has 0 spiro atoms. The van der Waals surface area contributed by atoms with Gasteiger partial charge in [-0.3, -0.25) is 0 Å². The molecule has 0 saturated heterocycles. The third-order valence-electron chi connectivity index (χ3n) is 11.8. The first kappa shape index (κ1) is 33.8. The molecule has 11 aromatic carbocycles. The highest BCUT2D eigenvalue weighted by molar-refractivity contribution is 6.13. The van der Waals surface area contributed by atoms with Gasteiger partial charge in [-0.25, -0.2) is 0 Å². The Labute approximate surface area is 339 Å². The minimum Gasteiger partial charge on any atom is -0.0622 e. The van der Waals surface area contributed by atoms with Gasteiger partial charge in [0, 0.05) is 0 Å². The van der Waals surface area contributed by atoms with Gasteiger partial charge < -0.3 is 0 Å². The van der Waals surface area contributed by atoms with Crippen LogP contribution in [0.1, 0.15) is 0 Å². The van der Waals surface area contributed by atoms with Crippen LogP contribution in [-0.4, -0.2) is 0 Å².